The number of hydrogen-bond acceptors (Lipinski definition) is 2. The van der Waals surface area contributed by atoms with Crippen LogP contribution in [0.2, 0.25) is 0 Å². The molecule has 0 saturated heterocycles. The Labute approximate surface area is 90.4 Å². The van der Waals surface area contributed by atoms with Gasteiger partial charge in [0.05, 0.1) is 5.69 Å². The topological polar surface area (TPSA) is 20.5 Å². The molecule has 0 amide bonds. The highest BCUT2D eigenvalue weighted by atomic mass is 15.1. The van der Waals surface area contributed by atoms with Crippen LogP contribution in [0.5, 0.6) is 0 Å². The number of aromatic nitrogens is 2. The summed E-state index contributed by atoms with van der Waals surface area (Å²) in [7, 11) is 4.17. The Hall–Kier alpha value is -1.35. The molecule has 0 spiro atoms. The predicted octanol–water partition coefficient (Wildman–Crippen LogP) is 1.75. The lowest BCUT2D eigenvalue weighted by Gasteiger charge is -2.06. The summed E-state index contributed by atoms with van der Waals surface area (Å²) in [6, 6.07) is 4.16. The number of rotatable bonds is 3. The Bertz CT molecular complexity index is 457. The van der Waals surface area contributed by atoms with Gasteiger partial charge in [0.1, 0.15) is 5.65 Å². The maximum absolute atomic E-state index is 4.56. The van der Waals surface area contributed by atoms with E-state index in [-0.39, 0.29) is 0 Å². The first-order valence-corrected chi connectivity index (χ1v) is 5.24. The van der Waals surface area contributed by atoms with E-state index in [2.05, 4.69) is 59.8 Å². The molecule has 2 aromatic heterocycles. The molecule has 3 heteroatoms. The van der Waals surface area contributed by atoms with Gasteiger partial charge < -0.3 is 9.30 Å². The van der Waals surface area contributed by atoms with Crippen molar-refractivity contribution in [3.05, 3.63) is 35.8 Å². The minimum atomic E-state index is 1.01. The van der Waals surface area contributed by atoms with E-state index in [1.807, 2.05) is 0 Å². The van der Waals surface area contributed by atoms with Crippen LogP contribution in [0.25, 0.3) is 5.65 Å². The van der Waals surface area contributed by atoms with E-state index in [1.165, 1.54) is 5.56 Å². The normalized spacial score (nSPS) is 11.5. The van der Waals surface area contributed by atoms with Crippen molar-refractivity contribution in [2.45, 2.75) is 13.3 Å². The quantitative estimate of drug-likeness (QED) is 0.757. The summed E-state index contributed by atoms with van der Waals surface area (Å²) in [4.78, 5) is 6.74. The molecule has 0 fully saturated rings. The van der Waals surface area contributed by atoms with Gasteiger partial charge in [0.2, 0.25) is 0 Å². The molecule has 80 valence electrons. The molecule has 0 atom stereocenters. The average Bonchev–Trinajstić information content (AvgIpc) is 2.56. The van der Waals surface area contributed by atoms with Crippen LogP contribution in [-0.4, -0.2) is 34.9 Å². The molecule has 0 bridgehead atoms. The van der Waals surface area contributed by atoms with Crippen molar-refractivity contribution in [1.29, 1.82) is 0 Å². The first-order chi connectivity index (χ1) is 7.15. The number of nitrogens with zero attached hydrogens (tertiary/aromatic N) is 3. The highest BCUT2D eigenvalue weighted by Crippen LogP contribution is 2.07. The zero-order valence-corrected chi connectivity index (χ0v) is 9.57. The van der Waals surface area contributed by atoms with Crippen molar-refractivity contribution in [3.63, 3.8) is 0 Å². The van der Waals surface area contributed by atoms with Crippen LogP contribution in [0, 0.1) is 6.92 Å². The van der Waals surface area contributed by atoms with Crippen LogP contribution < -0.4 is 0 Å². The zero-order valence-electron chi connectivity index (χ0n) is 9.57. The largest absolute Gasteiger partial charge is 0.309 e. The van der Waals surface area contributed by atoms with Gasteiger partial charge in [-0.2, -0.15) is 0 Å². The first kappa shape index (κ1) is 10.2. The summed E-state index contributed by atoms with van der Waals surface area (Å²) >= 11 is 0. The lowest BCUT2D eigenvalue weighted by molar-refractivity contribution is 0.412. The minimum Gasteiger partial charge on any atom is -0.309 e. The van der Waals surface area contributed by atoms with Gasteiger partial charge in [-0.1, -0.05) is 6.07 Å². The van der Waals surface area contributed by atoms with Gasteiger partial charge in [0.25, 0.3) is 0 Å². The van der Waals surface area contributed by atoms with E-state index < -0.39 is 0 Å². The summed E-state index contributed by atoms with van der Waals surface area (Å²) in [5, 5.41) is 0. The van der Waals surface area contributed by atoms with Gasteiger partial charge in [0, 0.05) is 25.4 Å². The van der Waals surface area contributed by atoms with E-state index in [0.29, 0.717) is 0 Å². The van der Waals surface area contributed by atoms with Crippen LogP contribution in [0.15, 0.2) is 24.5 Å². The van der Waals surface area contributed by atoms with Crippen LogP contribution in [0.1, 0.15) is 11.3 Å². The number of imidazole rings is 1. The van der Waals surface area contributed by atoms with Crippen LogP contribution in [0.3, 0.4) is 0 Å². The van der Waals surface area contributed by atoms with Gasteiger partial charge in [-0.15, -0.1) is 0 Å². The second-order valence-corrected chi connectivity index (χ2v) is 4.26. The third-order valence-electron chi connectivity index (χ3n) is 2.46. The van der Waals surface area contributed by atoms with Crippen molar-refractivity contribution in [2.24, 2.45) is 0 Å². The molecule has 0 N–H and O–H groups in total. The van der Waals surface area contributed by atoms with E-state index >= 15 is 0 Å². The molecular formula is C12H17N3. The summed E-state index contributed by atoms with van der Waals surface area (Å²) in [5.74, 6) is 0. The minimum absolute atomic E-state index is 1.01. The SMILES string of the molecule is Cc1ccc2nc(CCN(C)C)cn2c1. The highest BCUT2D eigenvalue weighted by Gasteiger charge is 2.01. The van der Waals surface area contributed by atoms with Crippen molar-refractivity contribution >= 4 is 5.65 Å². The van der Waals surface area contributed by atoms with E-state index in [1.54, 1.807) is 0 Å². The Balaban J connectivity index is 2.23. The number of fused-ring (bicyclic) bond motifs is 1. The van der Waals surface area contributed by atoms with Crippen LogP contribution in [-0.2, 0) is 6.42 Å². The van der Waals surface area contributed by atoms with Gasteiger partial charge in [0.15, 0.2) is 0 Å². The summed E-state index contributed by atoms with van der Waals surface area (Å²) < 4.78 is 2.10. The maximum Gasteiger partial charge on any atom is 0.136 e. The summed E-state index contributed by atoms with van der Waals surface area (Å²) in [6.45, 7) is 3.14. The molecule has 0 aliphatic heterocycles. The van der Waals surface area contributed by atoms with E-state index in [9.17, 15) is 0 Å². The smallest absolute Gasteiger partial charge is 0.136 e. The molecule has 2 heterocycles. The third kappa shape index (κ3) is 2.36. The van der Waals surface area contributed by atoms with Crippen LogP contribution in [0.4, 0.5) is 0 Å². The number of pyridine rings is 1. The monoisotopic (exact) mass is 203 g/mol. The molecule has 3 nitrogen and oxygen atoms in total. The van der Waals surface area contributed by atoms with Gasteiger partial charge in [-0.05, 0) is 32.6 Å². The first-order valence-electron chi connectivity index (χ1n) is 5.24. The van der Waals surface area contributed by atoms with E-state index in [4.69, 9.17) is 0 Å². The van der Waals surface area contributed by atoms with E-state index in [0.717, 1.165) is 24.3 Å². The third-order valence-corrected chi connectivity index (χ3v) is 2.46. The Morgan fingerprint density at radius 3 is 2.80 bits per heavy atom. The lowest BCUT2D eigenvalue weighted by Crippen LogP contribution is -2.15. The van der Waals surface area contributed by atoms with Crippen molar-refractivity contribution in [3.8, 4) is 0 Å². The fourth-order valence-corrected chi connectivity index (χ4v) is 1.61. The maximum atomic E-state index is 4.56. The van der Waals surface area contributed by atoms with Crippen LogP contribution >= 0.6 is 0 Å². The fourth-order valence-electron chi connectivity index (χ4n) is 1.61. The highest BCUT2D eigenvalue weighted by molar-refractivity contribution is 5.41. The van der Waals surface area contributed by atoms with Crippen molar-refractivity contribution < 1.29 is 0 Å². The van der Waals surface area contributed by atoms with Gasteiger partial charge >= 0.3 is 0 Å². The van der Waals surface area contributed by atoms with Crippen molar-refractivity contribution in [1.82, 2.24) is 14.3 Å². The molecule has 0 aromatic carbocycles. The standard InChI is InChI=1S/C12H17N3/c1-10-4-5-12-13-11(6-7-14(2)3)9-15(12)8-10/h4-5,8-9H,6-7H2,1-3H3. The summed E-state index contributed by atoms with van der Waals surface area (Å²) in [6.07, 6.45) is 5.24. The molecule has 2 aromatic rings. The number of aryl methyl sites for hydroxylation is 1. The second kappa shape index (κ2) is 4.03. The Morgan fingerprint density at radius 1 is 1.27 bits per heavy atom. The lowest BCUT2D eigenvalue weighted by atomic mass is 10.3. The Morgan fingerprint density at radius 2 is 2.07 bits per heavy atom. The number of hydrogen-bond donors (Lipinski definition) is 0. The molecule has 0 aliphatic rings. The molecule has 0 saturated carbocycles. The molecule has 0 radical (unpaired) electrons. The molecule has 15 heavy (non-hydrogen) atoms. The molecule has 2 rings (SSSR count). The fraction of sp³-hybridized carbons (Fsp3) is 0.417. The molecule has 0 unspecified atom stereocenters. The number of likely N-dealkylation sites (N-methyl/N-ethyl adjacent to an activating group) is 1. The zero-order chi connectivity index (χ0) is 10.8. The molecular weight excluding hydrogens is 186 g/mol. The van der Waals surface area contributed by atoms with Gasteiger partial charge in [-0.25, -0.2) is 4.98 Å². The predicted molar refractivity (Wildman–Crippen MR) is 62.2 cm³/mol. The molecule has 0 aliphatic carbocycles. The Kier molecular flexibility index (Phi) is 2.73. The second-order valence-electron chi connectivity index (χ2n) is 4.26. The average molecular weight is 203 g/mol. The van der Waals surface area contributed by atoms with Crippen molar-refractivity contribution in [2.75, 3.05) is 20.6 Å². The van der Waals surface area contributed by atoms with Gasteiger partial charge in [-0.3, -0.25) is 0 Å². The summed E-state index contributed by atoms with van der Waals surface area (Å²) in [5.41, 5.74) is 3.46.